The van der Waals surface area contributed by atoms with Gasteiger partial charge in [-0.2, -0.15) is 5.10 Å². The maximum atomic E-state index is 12.8. The van der Waals surface area contributed by atoms with Crippen LogP contribution in [0.2, 0.25) is 0 Å². The SMILES string of the molecule is Cc1cccn2c(=O)c(/C=N/N)c(Sc3nc4ccccc4s3)nc12. The molecule has 0 aliphatic carbocycles. The zero-order valence-corrected chi connectivity index (χ0v) is 14.8. The third-order valence-corrected chi connectivity index (χ3v) is 5.81. The molecule has 0 saturated carbocycles. The largest absolute Gasteiger partial charge is 0.323 e. The van der Waals surface area contributed by atoms with Crippen LogP contribution >= 0.6 is 23.1 Å². The first-order valence-corrected chi connectivity index (χ1v) is 9.09. The van der Waals surface area contributed by atoms with Gasteiger partial charge in [-0.1, -0.05) is 18.2 Å². The third kappa shape index (κ3) is 2.79. The summed E-state index contributed by atoms with van der Waals surface area (Å²) in [6, 6.07) is 11.6. The van der Waals surface area contributed by atoms with Crippen LogP contribution in [0.4, 0.5) is 0 Å². The molecule has 0 spiro atoms. The van der Waals surface area contributed by atoms with Crippen molar-refractivity contribution in [3.8, 4) is 0 Å². The summed E-state index contributed by atoms with van der Waals surface area (Å²) in [4.78, 5) is 22.1. The van der Waals surface area contributed by atoms with E-state index in [1.807, 2.05) is 43.3 Å². The van der Waals surface area contributed by atoms with E-state index >= 15 is 0 Å². The topological polar surface area (TPSA) is 85.6 Å². The highest BCUT2D eigenvalue weighted by molar-refractivity contribution is 8.01. The van der Waals surface area contributed by atoms with Gasteiger partial charge in [-0.3, -0.25) is 9.20 Å². The molecule has 0 unspecified atom stereocenters. The van der Waals surface area contributed by atoms with E-state index in [1.54, 1.807) is 17.5 Å². The summed E-state index contributed by atoms with van der Waals surface area (Å²) >= 11 is 2.92. The lowest BCUT2D eigenvalue weighted by Crippen LogP contribution is -2.21. The Morgan fingerprint density at radius 1 is 1.24 bits per heavy atom. The Labute approximate surface area is 151 Å². The molecular weight excluding hydrogens is 354 g/mol. The number of aromatic nitrogens is 3. The van der Waals surface area contributed by atoms with Crippen LogP contribution in [-0.2, 0) is 0 Å². The Bertz CT molecular complexity index is 1150. The summed E-state index contributed by atoms with van der Waals surface area (Å²) < 4.78 is 3.42. The summed E-state index contributed by atoms with van der Waals surface area (Å²) in [5.41, 5.74) is 2.62. The van der Waals surface area contributed by atoms with Crippen molar-refractivity contribution in [2.24, 2.45) is 10.9 Å². The monoisotopic (exact) mass is 367 g/mol. The number of aryl methyl sites for hydroxylation is 1. The molecule has 6 nitrogen and oxygen atoms in total. The van der Waals surface area contributed by atoms with Crippen LogP contribution in [0, 0.1) is 6.92 Å². The van der Waals surface area contributed by atoms with Gasteiger partial charge in [0.2, 0.25) is 0 Å². The molecule has 3 aromatic heterocycles. The Morgan fingerprint density at radius 2 is 2.08 bits per heavy atom. The number of pyridine rings is 1. The second-order valence-electron chi connectivity index (χ2n) is 5.35. The number of nitrogens with zero attached hydrogens (tertiary/aromatic N) is 4. The number of benzene rings is 1. The standard InChI is InChI=1S/C17H13N5OS2/c1-10-5-4-8-22-14(10)21-15(11(9-19-18)16(22)23)25-17-20-12-6-2-3-7-13(12)24-17/h2-9H,18H2,1H3/b19-9+. The van der Waals surface area contributed by atoms with Gasteiger partial charge >= 0.3 is 0 Å². The van der Waals surface area contributed by atoms with E-state index in [1.165, 1.54) is 22.4 Å². The van der Waals surface area contributed by atoms with Gasteiger partial charge in [0.05, 0.1) is 22.0 Å². The molecular formula is C17H13N5OS2. The Balaban J connectivity index is 1.91. The fourth-order valence-corrected chi connectivity index (χ4v) is 4.59. The highest BCUT2D eigenvalue weighted by Crippen LogP contribution is 2.34. The van der Waals surface area contributed by atoms with E-state index < -0.39 is 0 Å². The summed E-state index contributed by atoms with van der Waals surface area (Å²) in [5, 5.41) is 4.08. The number of hydrogen-bond donors (Lipinski definition) is 1. The van der Waals surface area contributed by atoms with Gasteiger partial charge in [0.1, 0.15) is 10.7 Å². The lowest BCUT2D eigenvalue weighted by Gasteiger charge is -2.08. The molecule has 0 saturated heterocycles. The maximum absolute atomic E-state index is 12.8. The van der Waals surface area contributed by atoms with Crippen molar-refractivity contribution in [2.45, 2.75) is 16.3 Å². The van der Waals surface area contributed by atoms with Crippen molar-refractivity contribution in [1.82, 2.24) is 14.4 Å². The number of nitrogens with two attached hydrogens (primary N) is 1. The normalized spacial score (nSPS) is 11.7. The molecule has 4 rings (SSSR count). The minimum absolute atomic E-state index is 0.202. The van der Waals surface area contributed by atoms with E-state index in [-0.39, 0.29) is 5.56 Å². The van der Waals surface area contributed by atoms with Crippen LogP contribution in [0.5, 0.6) is 0 Å². The summed E-state index contributed by atoms with van der Waals surface area (Å²) in [6.45, 7) is 1.92. The van der Waals surface area contributed by atoms with E-state index in [2.05, 4.69) is 15.1 Å². The average Bonchev–Trinajstić information content (AvgIpc) is 3.01. The van der Waals surface area contributed by atoms with E-state index in [4.69, 9.17) is 5.84 Å². The predicted octanol–water partition coefficient (Wildman–Crippen LogP) is 3.06. The molecule has 3 heterocycles. The van der Waals surface area contributed by atoms with Crippen molar-refractivity contribution >= 4 is 45.2 Å². The number of thiazole rings is 1. The number of hydrogen-bond acceptors (Lipinski definition) is 7. The molecule has 0 radical (unpaired) electrons. The molecule has 2 N–H and O–H groups in total. The van der Waals surface area contributed by atoms with Crippen LogP contribution in [0.1, 0.15) is 11.1 Å². The molecule has 0 fully saturated rings. The van der Waals surface area contributed by atoms with Crippen LogP contribution in [-0.4, -0.2) is 20.6 Å². The third-order valence-electron chi connectivity index (χ3n) is 3.71. The van der Waals surface area contributed by atoms with Crippen LogP contribution in [0.3, 0.4) is 0 Å². The van der Waals surface area contributed by atoms with Crippen molar-refractivity contribution in [3.63, 3.8) is 0 Å². The van der Waals surface area contributed by atoms with Gasteiger partial charge in [-0.15, -0.1) is 11.3 Å². The van der Waals surface area contributed by atoms with Gasteiger partial charge in [-0.25, -0.2) is 9.97 Å². The molecule has 0 aliphatic heterocycles. The van der Waals surface area contributed by atoms with Gasteiger partial charge < -0.3 is 5.84 Å². The smallest absolute Gasteiger partial charge is 0.267 e. The first kappa shape index (κ1) is 15.8. The Kier molecular flexibility index (Phi) is 3.98. The second kappa shape index (κ2) is 6.30. The van der Waals surface area contributed by atoms with E-state index in [0.29, 0.717) is 16.2 Å². The second-order valence-corrected chi connectivity index (χ2v) is 7.61. The first-order valence-electron chi connectivity index (χ1n) is 7.46. The summed E-state index contributed by atoms with van der Waals surface area (Å²) in [6.07, 6.45) is 3.04. The van der Waals surface area contributed by atoms with E-state index in [0.717, 1.165) is 20.1 Å². The highest BCUT2D eigenvalue weighted by Gasteiger charge is 2.15. The predicted molar refractivity (Wildman–Crippen MR) is 102 cm³/mol. The minimum atomic E-state index is -0.202. The van der Waals surface area contributed by atoms with Crippen molar-refractivity contribution in [2.75, 3.05) is 0 Å². The fraction of sp³-hybridized carbons (Fsp3) is 0.0588. The molecule has 0 aliphatic rings. The lowest BCUT2D eigenvalue weighted by atomic mass is 10.3. The fourth-order valence-electron chi connectivity index (χ4n) is 2.53. The molecule has 124 valence electrons. The summed E-state index contributed by atoms with van der Waals surface area (Å²) in [5.74, 6) is 5.30. The highest BCUT2D eigenvalue weighted by atomic mass is 32.2. The van der Waals surface area contributed by atoms with Gasteiger partial charge in [0.15, 0.2) is 4.34 Å². The Hall–Kier alpha value is -2.71. The number of rotatable bonds is 3. The van der Waals surface area contributed by atoms with Gasteiger partial charge in [0, 0.05) is 6.20 Å². The van der Waals surface area contributed by atoms with Crippen molar-refractivity contribution in [3.05, 3.63) is 64.1 Å². The quantitative estimate of drug-likeness (QED) is 0.260. The molecule has 0 amide bonds. The van der Waals surface area contributed by atoms with E-state index in [9.17, 15) is 4.79 Å². The molecule has 8 heteroatoms. The molecule has 25 heavy (non-hydrogen) atoms. The van der Waals surface area contributed by atoms with Crippen LogP contribution in [0.25, 0.3) is 15.9 Å². The van der Waals surface area contributed by atoms with Crippen molar-refractivity contribution < 1.29 is 0 Å². The number of para-hydroxylation sites is 1. The maximum Gasteiger partial charge on any atom is 0.267 e. The molecule has 0 bridgehead atoms. The molecule has 0 atom stereocenters. The van der Waals surface area contributed by atoms with Crippen molar-refractivity contribution in [1.29, 1.82) is 0 Å². The molecule has 1 aromatic carbocycles. The summed E-state index contributed by atoms with van der Waals surface area (Å²) in [7, 11) is 0. The zero-order valence-electron chi connectivity index (χ0n) is 13.2. The zero-order chi connectivity index (χ0) is 17.4. The lowest BCUT2D eigenvalue weighted by molar-refractivity contribution is 0.966. The molecule has 4 aromatic rings. The Morgan fingerprint density at radius 3 is 2.88 bits per heavy atom. The number of hydrazone groups is 1. The number of fused-ring (bicyclic) bond motifs is 2. The average molecular weight is 367 g/mol. The van der Waals surface area contributed by atoms with Gasteiger partial charge in [0.25, 0.3) is 5.56 Å². The first-order chi connectivity index (χ1) is 12.2. The van der Waals surface area contributed by atoms with Crippen LogP contribution in [0.15, 0.2) is 61.9 Å². The van der Waals surface area contributed by atoms with Gasteiger partial charge in [-0.05, 0) is 42.4 Å². The van der Waals surface area contributed by atoms with Crippen LogP contribution < -0.4 is 11.4 Å². The minimum Gasteiger partial charge on any atom is -0.323 e.